The molecule has 2 saturated heterocycles. The van der Waals surface area contributed by atoms with Gasteiger partial charge >= 0.3 is 5.97 Å². The zero-order valence-electron chi connectivity index (χ0n) is 33.1. The summed E-state index contributed by atoms with van der Waals surface area (Å²) in [5, 5.41) is 16.4. The number of carbonyl (C=O) groups is 5. The van der Waals surface area contributed by atoms with E-state index in [0.29, 0.717) is 24.9 Å². The number of likely N-dealkylation sites (N-methyl/N-ethyl adjacent to an activating group) is 1. The number of ether oxygens (including phenoxy) is 2. The maximum absolute atomic E-state index is 14.2. The van der Waals surface area contributed by atoms with Crippen LogP contribution < -0.4 is 10.6 Å². The van der Waals surface area contributed by atoms with Gasteiger partial charge in [0.2, 0.25) is 17.7 Å². The molecule has 296 valence electrons. The third-order valence-electron chi connectivity index (χ3n) is 12.3. The first-order valence-electron chi connectivity index (χ1n) is 19.7. The predicted octanol–water partition coefficient (Wildman–Crippen LogP) is 4.09. The Morgan fingerprint density at radius 1 is 1.00 bits per heavy atom. The zero-order chi connectivity index (χ0) is 39.0. The Labute approximate surface area is 316 Å². The number of carbonyl (C=O) groups excluding carboxylic acids is 4. The molecule has 3 fully saturated rings. The van der Waals surface area contributed by atoms with Crippen LogP contribution in [0.1, 0.15) is 91.5 Å². The molecule has 1 saturated carbocycles. The summed E-state index contributed by atoms with van der Waals surface area (Å²) in [6, 6.07) is 7.81. The quantitative estimate of drug-likeness (QED) is 0.179. The van der Waals surface area contributed by atoms with Gasteiger partial charge in [-0.05, 0) is 61.8 Å². The Balaban J connectivity index is 1.45. The second kappa shape index (κ2) is 19.3. The molecule has 1 aromatic carbocycles. The lowest BCUT2D eigenvalue weighted by Crippen LogP contribution is -2.59. The van der Waals surface area contributed by atoms with E-state index in [0.717, 1.165) is 37.7 Å². The summed E-state index contributed by atoms with van der Waals surface area (Å²) in [4.78, 5) is 71.0. The summed E-state index contributed by atoms with van der Waals surface area (Å²) in [5.41, 5.74) is 0.851. The Kier molecular flexibility index (Phi) is 15.4. The maximum Gasteiger partial charge on any atom is 0.307 e. The zero-order valence-corrected chi connectivity index (χ0v) is 33.1. The Bertz CT molecular complexity index is 1410. The number of hydrogen-bond donors (Lipinski definition) is 3. The number of likely N-dealkylation sites (tertiary alicyclic amines) is 1. The number of Topliss-reactive ketones (excluding diaryl/α,β-unsaturated/α-hetero) is 1. The summed E-state index contributed by atoms with van der Waals surface area (Å²) in [5.74, 6) is -3.12. The number of fused-ring (bicyclic) bond motifs is 2. The molecule has 53 heavy (non-hydrogen) atoms. The lowest BCUT2D eigenvalue weighted by Gasteiger charge is -2.41. The standard InChI is InChI=1S/C41H64N4O8/c1-9-25(4)37(44(6)40(49)35(24(2)3)43-39(48)36-28-17-18-30(21-28)42-36)33(52-7)23-34(47)45-19-13-16-31(45)38(53-8)26(5)32(46)22-29(41(50)51)20-27-14-11-10-12-15-27/h10-12,14-15,24-26,28-31,33,35-38,42H,9,13,16-23H2,1-8H3,(H,43,48)(H,50,51)/t25-,26-,28-,29+,30-,31-,33+,35-,36-,37-,38+/m0/s1. The van der Waals surface area contributed by atoms with Crippen LogP contribution in [0.25, 0.3) is 0 Å². The molecular formula is C41H64N4O8. The molecule has 3 N–H and O–H groups in total. The summed E-state index contributed by atoms with van der Waals surface area (Å²) < 4.78 is 11.9. The van der Waals surface area contributed by atoms with Gasteiger partial charge in [-0.2, -0.15) is 0 Å². The number of hydrogen-bond acceptors (Lipinski definition) is 8. The first-order valence-corrected chi connectivity index (χ1v) is 19.7. The number of carboxylic acid groups (broad SMARTS) is 1. The largest absolute Gasteiger partial charge is 0.481 e. The molecule has 0 spiro atoms. The van der Waals surface area contributed by atoms with Gasteiger partial charge in [0.05, 0.1) is 42.7 Å². The highest BCUT2D eigenvalue weighted by molar-refractivity contribution is 5.90. The molecule has 0 aromatic heterocycles. The number of nitrogens with one attached hydrogen (secondary N) is 2. The van der Waals surface area contributed by atoms with Crippen LogP contribution in [0.5, 0.6) is 0 Å². The van der Waals surface area contributed by atoms with Crippen molar-refractivity contribution in [2.45, 2.75) is 135 Å². The molecule has 12 heteroatoms. The fourth-order valence-corrected chi connectivity index (χ4v) is 9.04. The normalized spacial score (nSPS) is 25.0. The van der Waals surface area contributed by atoms with Crippen LogP contribution in [0.15, 0.2) is 30.3 Å². The van der Waals surface area contributed by atoms with Crippen molar-refractivity contribution in [3.05, 3.63) is 35.9 Å². The van der Waals surface area contributed by atoms with Crippen molar-refractivity contribution in [1.29, 1.82) is 0 Å². The molecule has 3 amide bonds. The van der Waals surface area contributed by atoms with E-state index in [9.17, 15) is 29.1 Å². The smallest absolute Gasteiger partial charge is 0.307 e. The van der Waals surface area contributed by atoms with Gasteiger partial charge in [0.1, 0.15) is 11.8 Å². The minimum atomic E-state index is -1.02. The maximum atomic E-state index is 14.2. The minimum Gasteiger partial charge on any atom is -0.481 e. The number of rotatable bonds is 20. The summed E-state index contributed by atoms with van der Waals surface area (Å²) in [6.07, 6.45) is 4.11. The highest BCUT2D eigenvalue weighted by Gasteiger charge is 2.46. The van der Waals surface area contributed by atoms with E-state index in [4.69, 9.17) is 9.47 Å². The predicted molar refractivity (Wildman–Crippen MR) is 202 cm³/mol. The molecule has 4 rings (SSSR count). The van der Waals surface area contributed by atoms with Gasteiger partial charge in [0.15, 0.2) is 0 Å². The second-order valence-electron chi connectivity index (χ2n) is 16.1. The van der Waals surface area contributed by atoms with E-state index in [1.54, 1.807) is 30.9 Å². The van der Waals surface area contributed by atoms with Gasteiger partial charge in [0, 0.05) is 46.2 Å². The molecule has 0 unspecified atom stereocenters. The summed E-state index contributed by atoms with van der Waals surface area (Å²) in [7, 11) is 4.83. The Morgan fingerprint density at radius 2 is 1.70 bits per heavy atom. The van der Waals surface area contributed by atoms with E-state index in [2.05, 4.69) is 10.6 Å². The Morgan fingerprint density at radius 3 is 2.25 bits per heavy atom. The summed E-state index contributed by atoms with van der Waals surface area (Å²) >= 11 is 0. The van der Waals surface area contributed by atoms with Crippen LogP contribution in [0.2, 0.25) is 0 Å². The van der Waals surface area contributed by atoms with E-state index in [1.165, 1.54) is 7.11 Å². The third kappa shape index (κ3) is 10.2. The number of aliphatic carboxylic acids is 1. The van der Waals surface area contributed by atoms with Crippen LogP contribution in [-0.2, 0) is 39.9 Å². The SMILES string of the molecule is CC[C@H](C)[C@@H]([C@@H](CC(=O)N1CCC[C@H]1[C@H](OC)[C@@H](C)C(=O)C[C@@H](Cc1ccccc1)C(=O)O)OC)N(C)C(=O)[C@@H](NC(=O)[C@H]1N[C@H]2CC[C@H]1C2)C(C)C. The molecule has 2 aliphatic heterocycles. The molecule has 12 nitrogen and oxygen atoms in total. The molecule has 11 atom stereocenters. The molecule has 0 radical (unpaired) electrons. The molecule has 1 aromatic rings. The number of amides is 3. The van der Waals surface area contributed by atoms with Crippen LogP contribution in [0.3, 0.4) is 0 Å². The van der Waals surface area contributed by atoms with Crippen molar-refractivity contribution in [3.8, 4) is 0 Å². The molecule has 3 aliphatic rings. The molecular weight excluding hydrogens is 676 g/mol. The van der Waals surface area contributed by atoms with Gasteiger partial charge in [-0.3, -0.25) is 24.0 Å². The van der Waals surface area contributed by atoms with Crippen LogP contribution in [-0.4, -0.2) is 115 Å². The average Bonchev–Trinajstić information content (AvgIpc) is 3.92. The lowest BCUT2D eigenvalue weighted by atomic mass is 9.85. The first-order chi connectivity index (χ1) is 25.2. The average molecular weight is 741 g/mol. The van der Waals surface area contributed by atoms with Gasteiger partial charge in [-0.25, -0.2) is 0 Å². The van der Waals surface area contributed by atoms with Crippen LogP contribution >= 0.6 is 0 Å². The molecule has 2 heterocycles. The third-order valence-corrected chi connectivity index (χ3v) is 12.3. The van der Waals surface area contributed by atoms with E-state index >= 15 is 0 Å². The topological polar surface area (TPSA) is 155 Å². The number of ketones is 1. The number of carboxylic acids is 1. The fraction of sp³-hybridized carbons (Fsp3) is 0.732. The number of benzene rings is 1. The lowest BCUT2D eigenvalue weighted by molar-refractivity contribution is -0.148. The van der Waals surface area contributed by atoms with Crippen LogP contribution in [0.4, 0.5) is 0 Å². The fourth-order valence-electron chi connectivity index (χ4n) is 9.04. The Hall–Kier alpha value is -3.35. The first kappa shape index (κ1) is 42.4. The summed E-state index contributed by atoms with van der Waals surface area (Å²) in [6.45, 7) is 10.2. The van der Waals surface area contributed by atoms with Gasteiger partial charge in [-0.1, -0.05) is 71.4 Å². The highest BCUT2D eigenvalue weighted by atomic mass is 16.5. The molecule has 2 bridgehead atoms. The number of nitrogens with zero attached hydrogens (tertiary/aromatic N) is 2. The van der Waals surface area contributed by atoms with Crippen molar-refractivity contribution in [2.24, 2.45) is 29.6 Å². The van der Waals surface area contributed by atoms with E-state index < -0.39 is 42.1 Å². The van der Waals surface area contributed by atoms with E-state index in [1.807, 2.05) is 58.0 Å². The van der Waals surface area contributed by atoms with Crippen LogP contribution in [0, 0.1) is 29.6 Å². The monoisotopic (exact) mass is 740 g/mol. The second-order valence-corrected chi connectivity index (χ2v) is 16.1. The van der Waals surface area contributed by atoms with Gasteiger partial charge in [0.25, 0.3) is 0 Å². The number of piperidine rings is 1. The van der Waals surface area contributed by atoms with Gasteiger partial charge in [-0.15, -0.1) is 0 Å². The molecule has 1 aliphatic carbocycles. The highest BCUT2D eigenvalue weighted by Crippen LogP contribution is 2.36. The van der Waals surface area contributed by atoms with Crippen molar-refractivity contribution < 1.29 is 38.6 Å². The van der Waals surface area contributed by atoms with E-state index in [-0.39, 0.29) is 66.7 Å². The van der Waals surface area contributed by atoms with Crippen molar-refractivity contribution >= 4 is 29.5 Å². The minimum absolute atomic E-state index is 0.0182. The van der Waals surface area contributed by atoms with Crippen molar-refractivity contribution in [1.82, 2.24) is 20.4 Å². The van der Waals surface area contributed by atoms with Crippen molar-refractivity contribution in [2.75, 3.05) is 27.8 Å². The van der Waals surface area contributed by atoms with Gasteiger partial charge < -0.3 is 35.0 Å². The van der Waals surface area contributed by atoms with Crippen molar-refractivity contribution in [3.63, 3.8) is 0 Å². The number of methoxy groups -OCH3 is 2.